The number of carbonyl (C=O) groups is 2. The first kappa shape index (κ1) is 16.7. The lowest BCUT2D eigenvalue weighted by Gasteiger charge is -2.16. The summed E-state index contributed by atoms with van der Waals surface area (Å²) in [6.45, 7) is -0.218. The lowest BCUT2D eigenvalue weighted by Crippen LogP contribution is -2.37. The zero-order chi connectivity index (χ0) is 15.8. The van der Waals surface area contributed by atoms with Crippen molar-refractivity contribution in [3.63, 3.8) is 0 Å². The molecule has 6 heteroatoms. The number of likely N-dealkylation sites (N-methyl/N-ethyl adjacent to an activating group) is 2. The molecular weight excluding hydrogens is 275 g/mol. The van der Waals surface area contributed by atoms with Gasteiger partial charge in [0, 0.05) is 26.1 Å². The van der Waals surface area contributed by atoms with Crippen LogP contribution in [0.1, 0.15) is 22.3 Å². The molecule has 1 aromatic carbocycles. The highest BCUT2D eigenvalue weighted by atomic mass is 19.1. The van der Waals surface area contributed by atoms with E-state index in [1.807, 2.05) is 0 Å². The maximum atomic E-state index is 13.8. The summed E-state index contributed by atoms with van der Waals surface area (Å²) in [5, 5.41) is 11.0. The lowest BCUT2D eigenvalue weighted by atomic mass is 10.1. The molecule has 0 saturated carbocycles. The Bertz CT molecular complexity index is 590. The molecule has 5 nitrogen and oxygen atoms in total. The SMILES string of the molecule is CNC(=O)CN(C)C(=O)c1cc(C#CCCO)ccc1F. The van der Waals surface area contributed by atoms with Crippen molar-refractivity contribution in [2.75, 3.05) is 27.2 Å². The summed E-state index contributed by atoms with van der Waals surface area (Å²) in [5.41, 5.74) is 0.332. The van der Waals surface area contributed by atoms with Crippen molar-refractivity contribution >= 4 is 11.8 Å². The Balaban J connectivity index is 2.96. The van der Waals surface area contributed by atoms with E-state index in [1.165, 1.54) is 26.2 Å². The van der Waals surface area contributed by atoms with Gasteiger partial charge in [-0.3, -0.25) is 9.59 Å². The Morgan fingerprint density at radius 2 is 2.14 bits per heavy atom. The predicted molar refractivity (Wildman–Crippen MR) is 76.0 cm³/mol. The molecule has 2 N–H and O–H groups in total. The number of hydrogen-bond donors (Lipinski definition) is 2. The van der Waals surface area contributed by atoms with E-state index in [2.05, 4.69) is 17.2 Å². The quantitative estimate of drug-likeness (QED) is 0.788. The summed E-state index contributed by atoms with van der Waals surface area (Å²) in [4.78, 5) is 24.5. The highest BCUT2D eigenvalue weighted by Crippen LogP contribution is 2.12. The Morgan fingerprint density at radius 3 is 2.76 bits per heavy atom. The van der Waals surface area contributed by atoms with Crippen LogP contribution in [0.5, 0.6) is 0 Å². The summed E-state index contributed by atoms with van der Waals surface area (Å²) in [6.07, 6.45) is 0.303. The highest BCUT2D eigenvalue weighted by molar-refractivity contribution is 5.96. The zero-order valence-electron chi connectivity index (χ0n) is 11.9. The molecule has 0 radical (unpaired) electrons. The summed E-state index contributed by atoms with van der Waals surface area (Å²) < 4.78 is 13.8. The van der Waals surface area contributed by atoms with Crippen LogP contribution in [0.25, 0.3) is 0 Å². The van der Waals surface area contributed by atoms with Gasteiger partial charge in [0.15, 0.2) is 0 Å². The fourth-order valence-corrected chi connectivity index (χ4v) is 1.56. The van der Waals surface area contributed by atoms with Gasteiger partial charge in [0.25, 0.3) is 5.91 Å². The largest absolute Gasteiger partial charge is 0.395 e. The first-order chi connectivity index (χ1) is 9.99. The molecule has 0 unspecified atom stereocenters. The normalized spacial score (nSPS) is 9.52. The van der Waals surface area contributed by atoms with Gasteiger partial charge in [0.2, 0.25) is 5.91 Å². The van der Waals surface area contributed by atoms with Crippen LogP contribution in [0.4, 0.5) is 4.39 Å². The van der Waals surface area contributed by atoms with E-state index in [4.69, 9.17) is 5.11 Å². The third-order valence-electron chi connectivity index (χ3n) is 2.67. The molecule has 2 amide bonds. The zero-order valence-corrected chi connectivity index (χ0v) is 11.9. The fourth-order valence-electron chi connectivity index (χ4n) is 1.56. The number of nitrogens with one attached hydrogen (secondary N) is 1. The van der Waals surface area contributed by atoms with E-state index in [9.17, 15) is 14.0 Å². The van der Waals surface area contributed by atoms with Crippen LogP contribution in [0.3, 0.4) is 0 Å². The molecule has 1 aromatic rings. The average Bonchev–Trinajstić information content (AvgIpc) is 2.48. The van der Waals surface area contributed by atoms with Gasteiger partial charge in [-0.1, -0.05) is 11.8 Å². The number of aliphatic hydroxyl groups excluding tert-OH is 1. The van der Waals surface area contributed by atoms with Gasteiger partial charge in [-0.05, 0) is 18.2 Å². The van der Waals surface area contributed by atoms with Crippen LogP contribution in [-0.2, 0) is 4.79 Å². The summed E-state index contributed by atoms with van der Waals surface area (Å²) in [5.74, 6) is 3.82. The van der Waals surface area contributed by atoms with Crippen molar-refractivity contribution in [1.82, 2.24) is 10.2 Å². The molecule has 1 rings (SSSR count). The molecule has 0 bridgehead atoms. The molecule has 0 aliphatic carbocycles. The number of amides is 2. The topological polar surface area (TPSA) is 69.6 Å². The van der Waals surface area contributed by atoms with Gasteiger partial charge in [-0.2, -0.15) is 0 Å². The second-order valence-electron chi connectivity index (χ2n) is 4.30. The molecule has 21 heavy (non-hydrogen) atoms. The summed E-state index contributed by atoms with van der Waals surface area (Å²) in [7, 11) is 2.87. The molecule has 0 aliphatic heterocycles. The third-order valence-corrected chi connectivity index (χ3v) is 2.67. The number of halogens is 1. The predicted octanol–water partition coefficient (Wildman–Crippen LogP) is 0.378. The molecule has 0 aromatic heterocycles. The van der Waals surface area contributed by atoms with Crippen LogP contribution in [-0.4, -0.2) is 49.1 Å². The van der Waals surface area contributed by atoms with Gasteiger partial charge in [0.05, 0.1) is 18.7 Å². The van der Waals surface area contributed by atoms with Crippen molar-refractivity contribution in [2.45, 2.75) is 6.42 Å². The number of nitrogens with zero attached hydrogens (tertiary/aromatic N) is 1. The van der Waals surface area contributed by atoms with E-state index < -0.39 is 11.7 Å². The molecule has 0 saturated heterocycles. The second kappa shape index (κ2) is 8.02. The van der Waals surface area contributed by atoms with Gasteiger partial charge in [-0.15, -0.1) is 0 Å². The van der Waals surface area contributed by atoms with E-state index in [0.717, 1.165) is 11.0 Å². The third kappa shape index (κ3) is 4.89. The minimum absolute atomic E-state index is 0.0607. The number of benzene rings is 1. The Kier molecular flexibility index (Phi) is 6.37. The van der Waals surface area contributed by atoms with Crippen molar-refractivity contribution in [1.29, 1.82) is 0 Å². The highest BCUT2D eigenvalue weighted by Gasteiger charge is 2.18. The number of rotatable bonds is 4. The Labute approximate surface area is 122 Å². The van der Waals surface area contributed by atoms with Gasteiger partial charge < -0.3 is 15.3 Å². The maximum Gasteiger partial charge on any atom is 0.257 e. The van der Waals surface area contributed by atoms with Crippen molar-refractivity contribution in [2.24, 2.45) is 0 Å². The molecule has 0 spiro atoms. The van der Waals surface area contributed by atoms with Crippen LogP contribution < -0.4 is 5.32 Å². The van der Waals surface area contributed by atoms with E-state index >= 15 is 0 Å². The monoisotopic (exact) mass is 292 g/mol. The summed E-state index contributed by atoms with van der Waals surface area (Å²) >= 11 is 0. The van der Waals surface area contributed by atoms with Gasteiger partial charge in [0.1, 0.15) is 5.82 Å². The lowest BCUT2D eigenvalue weighted by molar-refractivity contribution is -0.121. The first-order valence-corrected chi connectivity index (χ1v) is 6.35. The van der Waals surface area contributed by atoms with Crippen molar-refractivity contribution in [3.8, 4) is 11.8 Å². The number of hydrogen-bond acceptors (Lipinski definition) is 3. The van der Waals surface area contributed by atoms with Gasteiger partial charge in [-0.25, -0.2) is 4.39 Å². The van der Waals surface area contributed by atoms with Crippen LogP contribution >= 0.6 is 0 Å². The average molecular weight is 292 g/mol. The smallest absolute Gasteiger partial charge is 0.257 e. The fraction of sp³-hybridized carbons (Fsp3) is 0.333. The van der Waals surface area contributed by atoms with Crippen molar-refractivity contribution in [3.05, 3.63) is 35.1 Å². The standard InChI is InChI=1S/C15H17FN2O3/c1-17-14(20)10-18(2)15(21)12-9-11(5-3-4-8-19)6-7-13(12)16/h6-7,9,19H,4,8,10H2,1-2H3,(H,17,20). The molecule has 0 atom stereocenters. The van der Waals surface area contributed by atoms with Crippen LogP contribution in [0.15, 0.2) is 18.2 Å². The Morgan fingerprint density at radius 1 is 1.43 bits per heavy atom. The second-order valence-corrected chi connectivity index (χ2v) is 4.30. The number of carbonyl (C=O) groups excluding carboxylic acids is 2. The van der Waals surface area contributed by atoms with E-state index in [-0.39, 0.29) is 24.6 Å². The minimum atomic E-state index is -0.670. The minimum Gasteiger partial charge on any atom is -0.395 e. The van der Waals surface area contributed by atoms with Crippen LogP contribution in [0.2, 0.25) is 0 Å². The maximum absolute atomic E-state index is 13.8. The Hall–Kier alpha value is -2.39. The van der Waals surface area contributed by atoms with Gasteiger partial charge >= 0.3 is 0 Å². The molecule has 112 valence electrons. The molecular formula is C15H17FN2O3. The molecule has 0 fully saturated rings. The van der Waals surface area contributed by atoms with Crippen molar-refractivity contribution < 1.29 is 19.1 Å². The van der Waals surface area contributed by atoms with E-state index in [0.29, 0.717) is 12.0 Å². The molecule has 0 aliphatic rings. The van der Waals surface area contributed by atoms with E-state index in [1.54, 1.807) is 0 Å². The number of aliphatic hydroxyl groups is 1. The summed E-state index contributed by atoms with van der Waals surface area (Å²) in [6, 6.07) is 3.95. The molecule has 0 heterocycles. The first-order valence-electron chi connectivity index (χ1n) is 6.35. The van der Waals surface area contributed by atoms with Crippen LogP contribution in [0, 0.1) is 17.7 Å².